The molecule has 5 nitrogen and oxygen atoms in total. The Morgan fingerprint density at radius 1 is 1.00 bits per heavy atom. The molecule has 2 atom stereocenters. The van der Waals surface area contributed by atoms with Gasteiger partial charge in [0.15, 0.2) is 6.61 Å². The van der Waals surface area contributed by atoms with Crippen LogP contribution in [0.2, 0.25) is 10.0 Å². The van der Waals surface area contributed by atoms with Crippen molar-refractivity contribution in [3.63, 3.8) is 0 Å². The Bertz CT molecular complexity index is 1180. The van der Waals surface area contributed by atoms with Gasteiger partial charge in [-0.1, -0.05) is 73.4 Å². The molecule has 0 saturated heterocycles. The van der Waals surface area contributed by atoms with Gasteiger partial charge in [0.2, 0.25) is 5.91 Å². The zero-order valence-corrected chi connectivity index (χ0v) is 23.1. The van der Waals surface area contributed by atoms with E-state index in [4.69, 9.17) is 27.9 Å². The summed E-state index contributed by atoms with van der Waals surface area (Å²) in [5.74, 6) is -0.0117. The SMILES string of the molecule is CCC(C)NC(=O)C(CC)N(Cc1c(Cl)cccc1Cl)C(=O)COc1ccc2ccccc2c1Br. The van der Waals surface area contributed by atoms with Crippen LogP contribution in [0.15, 0.2) is 59.1 Å². The fourth-order valence-electron chi connectivity index (χ4n) is 3.76. The molecule has 3 rings (SSSR count). The van der Waals surface area contributed by atoms with Crippen LogP contribution in [0.5, 0.6) is 5.75 Å². The normalized spacial score (nSPS) is 12.7. The lowest BCUT2D eigenvalue weighted by molar-refractivity contribution is -0.143. The molecule has 8 heteroatoms. The van der Waals surface area contributed by atoms with Crippen molar-refractivity contribution in [1.29, 1.82) is 0 Å². The van der Waals surface area contributed by atoms with E-state index < -0.39 is 6.04 Å². The van der Waals surface area contributed by atoms with Gasteiger partial charge in [-0.2, -0.15) is 0 Å². The molecule has 0 aliphatic carbocycles. The van der Waals surface area contributed by atoms with E-state index in [1.807, 2.05) is 57.2 Å². The average Bonchev–Trinajstić information content (AvgIpc) is 2.85. The summed E-state index contributed by atoms with van der Waals surface area (Å²) in [5.41, 5.74) is 0.589. The van der Waals surface area contributed by atoms with E-state index in [-0.39, 0.29) is 31.0 Å². The second-order valence-electron chi connectivity index (χ2n) is 8.35. The first-order chi connectivity index (χ1) is 16.8. The number of halogens is 3. The average molecular weight is 580 g/mol. The van der Waals surface area contributed by atoms with Crippen LogP contribution in [-0.2, 0) is 16.1 Å². The van der Waals surface area contributed by atoms with E-state index in [1.165, 1.54) is 4.90 Å². The first kappa shape index (κ1) is 27.3. The van der Waals surface area contributed by atoms with Crippen LogP contribution < -0.4 is 10.1 Å². The summed E-state index contributed by atoms with van der Waals surface area (Å²) in [4.78, 5) is 28.1. The highest BCUT2D eigenvalue weighted by Crippen LogP contribution is 2.33. The maximum Gasteiger partial charge on any atom is 0.261 e. The lowest BCUT2D eigenvalue weighted by Crippen LogP contribution is -2.51. The van der Waals surface area contributed by atoms with Crippen LogP contribution in [0.25, 0.3) is 10.8 Å². The van der Waals surface area contributed by atoms with Gasteiger partial charge in [-0.25, -0.2) is 0 Å². The van der Waals surface area contributed by atoms with Gasteiger partial charge < -0.3 is 15.0 Å². The van der Waals surface area contributed by atoms with Crippen molar-refractivity contribution >= 4 is 61.7 Å². The minimum absolute atomic E-state index is 0.0118. The number of hydrogen-bond acceptors (Lipinski definition) is 3. The molecule has 0 heterocycles. The van der Waals surface area contributed by atoms with Crippen molar-refractivity contribution in [1.82, 2.24) is 10.2 Å². The van der Waals surface area contributed by atoms with Gasteiger partial charge in [0.1, 0.15) is 11.8 Å². The summed E-state index contributed by atoms with van der Waals surface area (Å²) in [6.45, 7) is 5.64. The van der Waals surface area contributed by atoms with E-state index in [2.05, 4.69) is 21.2 Å². The second-order valence-corrected chi connectivity index (χ2v) is 9.96. The molecule has 0 radical (unpaired) electrons. The Hall–Kier alpha value is -2.28. The maximum absolute atomic E-state index is 13.5. The van der Waals surface area contributed by atoms with Crippen LogP contribution in [0, 0.1) is 0 Å². The monoisotopic (exact) mass is 578 g/mol. The van der Waals surface area contributed by atoms with Crippen LogP contribution in [-0.4, -0.2) is 35.4 Å². The summed E-state index contributed by atoms with van der Waals surface area (Å²) in [6.07, 6.45) is 1.21. The molecule has 0 spiro atoms. The summed E-state index contributed by atoms with van der Waals surface area (Å²) >= 11 is 16.4. The Balaban J connectivity index is 1.88. The zero-order chi connectivity index (χ0) is 25.5. The molecule has 0 aromatic heterocycles. The Morgan fingerprint density at radius 3 is 2.34 bits per heavy atom. The van der Waals surface area contributed by atoms with Crippen LogP contribution in [0.1, 0.15) is 39.2 Å². The van der Waals surface area contributed by atoms with E-state index in [9.17, 15) is 9.59 Å². The van der Waals surface area contributed by atoms with E-state index in [1.54, 1.807) is 18.2 Å². The van der Waals surface area contributed by atoms with Crippen LogP contribution >= 0.6 is 39.1 Å². The fourth-order valence-corrected chi connectivity index (χ4v) is 4.89. The highest BCUT2D eigenvalue weighted by Gasteiger charge is 2.30. The van der Waals surface area contributed by atoms with Gasteiger partial charge in [-0.15, -0.1) is 0 Å². The molecule has 0 aliphatic rings. The Kier molecular flexibility index (Phi) is 9.84. The lowest BCUT2D eigenvalue weighted by atomic mass is 10.1. The van der Waals surface area contributed by atoms with Gasteiger partial charge in [0.05, 0.1) is 4.47 Å². The topological polar surface area (TPSA) is 58.6 Å². The Labute approximate surface area is 224 Å². The number of rotatable bonds is 10. The highest BCUT2D eigenvalue weighted by atomic mass is 79.9. The number of nitrogens with zero attached hydrogens (tertiary/aromatic N) is 1. The number of fused-ring (bicyclic) bond motifs is 1. The molecule has 0 bridgehead atoms. The Morgan fingerprint density at radius 2 is 1.69 bits per heavy atom. The molecule has 0 saturated carbocycles. The van der Waals surface area contributed by atoms with Crippen LogP contribution in [0.4, 0.5) is 0 Å². The molecular formula is C27H29BrCl2N2O3. The molecule has 0 aliphatic heterocycles. The third-order valence-corrected chi connectivity index (χ3v) is 7.48. The molecular weight excluding hydrogens is 551 g/mol. The van der Waals surface area contributed by atoms with Crippen molar-refractivity contribution in [2.75, 3.05) is 6.61 Å². The van der Waals surface area contributed by atoms with Gasteiger partial charge >= 0.3 is 0 Å². The number of ether oxygens (including phenoxy) is 1. The summed E-state index contributed by atoms with van der Waals surface area (Å²) < 4.78 is 6.70. The smallest absolute Gasteiger partial charge is 0.261 e. The lowest BCUT2D eigenvalue weighted by Gasteiger charge is -2.32. The van der Waals surface area contributed by atoms with Gasteiger partial charge in [-0.3, -0.25) is 9.59 Å². The number of carbonyl (C=O) groups excluding carboxylic acids is 2. The maximum atomic E-state index is 13.5. The van der Waals surface area contributed by atoms with E-state index in [0.717, 1.165) is 21.7 Å². The number of benzene rings is 3. The molecule has 186 valence electrons. The molecule has 35 heavy (non-hydrogen) atoms. The first-order valence-corrected chi connectivity index (χ1v) is 13.1. The van der Waals surface area contributed by atoms with Crippen molar-refractivity contribution in [2.24, 2.45) is 0 Å². The number of carbonyl (C=O) groups is 2. The largest absolute Gasteiger partial charge is 0.483 e. The predicted molar refractivity (Wildman–Crippen MR) is 146 cm³/mol. The minimum Gasteiger partial charge on any atom is -0.483 e. The first-order valence-electron chi connectivity index (χ1n) is 11.6. The van der Waals surface area contributed by atoms with Crippen molar-refractivity contribution in [3.05, 3.63) is 74.7 Å². The van der Waals surface area contributed by atoms with E-state index in [0.29, 0.717) is 27.8 Å². The summed E-state index contributed by atoms with van der Waals surface area (Å²) in [7, 11) is 0. The molecule has 3 aromatic carbocycles. The van der Waals surface area contributed by atoms with Crippen LogP contribution in [0.3, 0.4) is 0 Å². The predicted octanol–water partition coefficient (Wildman–Crippen LogP) is 7.01. The minimum atomic E-state index is -0.701. The van der Waals surface area contributed by atoms with Crippen molar-refractivity contribution < 1.29 is 14.3 Å². The molecule has 3 aromatic rings. The van der Waals surface area contributed by atoms with Gasteiger partial charge in [0.25, 0.3) is 5.91 Å². The quantitative estimate of drug-likeness (QED) is 0.281. The second kappa shape index (κ2) is 12.6. The zero-order valence-electron chi connectivity index (χ0n) is 20.0. The molecule has 2 amide bonds. The molecule has 1 N–H and O–H groups in total. The molecule has 2 unspecified atom stereocenters. The van der Waals surface area contributed by atoms with Crippen molar-refractivity contribution in [2.45, 2.75) is 52.2 Å². The summed E-state index contributed by atoms with van der Waals surface area (Å²) in [6, 6.07) is 16.1. The van der Waals surface area contributed by atoms with Crippen molar-refractivity contribution in [3.8, 4) is 5.75 Å². The summed E-state index contributed by atoms with van der Waals surface area (Å²) in [5, 5.41) is 5.90. The number of nitrogens with one attached hydrogen (secondary N) is 1. The van der Waals surface area contributed by atoms with Gasteiger partial charge in [-0.05, 0) is 64.7 Å². The van der Waals surface area contributed by atoms with E-state index >= 15 is 0 Å². The van der Waals surface area contributed by atoms with Gasteiger partial charge in [0, 0.05) is 28.2 Å². The fraction of sp³-hybridized carbons (Fsp3) is 0.333. The highest BCUT2D eigenvalue weighted by molar-refractivity contribution is 9.10. The number of hydrogen-bond donors (Lipinski definition) is 1. The third kappa shape index (κ3) is 6.69. The number of amides is 2. The standard InChI is InChI=1S/C27H29BrCl2N2O3/c1-4-17(3)31-27(34)23(5-2)32(15-20-21(29)11-8-12-22(20)30)25(33)16-35-24-14-13-18-9-6-7-10-19(18)26(24)28/h6-14,17,23H,4-5,15-16H2,1-3H3,(H,31,34). The molecule has 0 fully saturated rings. The third-order valence-electron chi connectivity index (χ3n) is 5.96.